The molecule has 0 atom stereocenters. The molecule has 0 bridgehead atoms. The lowest BCUT2D eigenvalue weighted by Crippen LogP contribution is -2.00. The molecule has 0 radical (unpaired) electrons. The Labute approximate surface area is 61.0 Å². The number of rotatable bonds is 4. The van der Waals surface area contributed by atoms with Crippen molar-refractivity contribution in [2.75, 3.05) is 6.54 Å². The fraction of sp³-hybridized carbons (Fsp3) is 0.429. The normalized spacial score (nSPS) is 11.6. The molecular formula is C7H13NS. The zero-order valence-corrected chi connectivity index (χ0v) is 6.58. The van der Waals surface area contributed by atoms with Crippen molar-refractivity contribution in [1.29, 1.82) is 0 Å². The summed E-state index contributed by atoms with van der Waals surface area (Å²) in [5.74, 6) is 0. The molecule has 2 N–H and O–H groups in total. The van der Waals surface area contributed by atoms with Crippen molar-refractivity contribution in [1.82, 2.24) is 0 Å². The van der Waals surface area contributed by atoms with Gasteiger partial charge in [-0.05, 0) is 17.2 Å². The van der Waals surface area contributed by atoms with E-state index in [1.165, 1.54) is 5.57 Å². The molecule has 2 heteroatoms. The first kappa shape index (κ1) is 8.79. The summed E-state index contributed by atoms with van der Waals surface area (Å²) in [6.45, 7) is 6.34. The van der Waals surface area contributed by atoms with E-state index in [2.05, 4.69) is 13.5 Å². The Balaban J connectivity index is 3.60. The van der Waals surface area contributed by atoms with Gasteiger partial charge in [0.25, 0.3) is 0 Å². The highest BCUT2D eigenvalue weighted by Crippen LogP contribution is 2.08. The monoisotopic (exact) mass is 143 g/mol. The molecule has 0 aliphatic carbocycles. The molecule has 0 aliphatic heterocycles. The van der Waals surface area contributed by atoms with Gasteiger partial charge in [-0.1, -0.05) is 19.1 Å². The molecule has 52 valence electrons. The summed E-state index contributed by atoms with van der Waals surface area (Å²) in [6.07, 6.45) is 1.04. The Kier molecular flexibility index (Phi) is 5.78. The van der Waals surface area contributed by atoms with E-state index in [0.717, 1.165) is 6.42 Å². The van der Waals surface area contributed by atoms with Crippen molar-refractivity contribution in [3.05, 3.63) is 23.0 Å². The molecule has 0 fully saturated rings. The first-order chi connectivity index (χ1) is 4.35. The van der Waals surface area contributed by atoms with Gasteiger partial charge in [-0.3, -0.25) is 0 Å². The van der Waals surface area contributed by atoms with Gasteiger partial charge in [0.1, 0.15) is 0 Å². The molecule has 0 saturated heterocycles. The molecule has 0 unspecified atom stereocenters. The maximum atomic E-state index is 5.41. The van der Waals surface area contributed by atoms with E-state index in [4.69, 9.17) is 5.73 Å². The first-order valence-corrected chi connectivity index (χ1v) is 3.93. The summed E-state index contributed by atoms with van der Waals surface area (Å²) >= 11 is 1.59. The molecule has 9 heavy (non-hydrogen) atoms. The molecule has 0 amide bonds. The van der Waals surface area contributed by atoms with Crippen molar-refractivity contribution in [2.24, 2.45) is 5.73 Å². The van der Waals surface area contributed by atoms with Gasteiger partial charge in [-0.25, -0.2) is 0 Å². The van der Waals surface area contributed by atoms with Gasteiger partial charge in [-0.2, -0.15) is 0 Å². The average Bonchev–Trinajstić information content (AvgIpc) is 1.91. The van der Waals surface area contributed by atoms with E-state index in [9.17, 15) is 0 Å². The largest absolute Gasteiger partial charge is 0.327 e. The molecule has 0 aromatic carbocycles. The fourth-order valence-electron chi connectivity index (χ4n) is 0.420. The predicted molar refractivity (Wildman–Crippen MR) is 45.2 cm³/mol. The van der Waals surface area contributed by atoms with Crippen molar-refractivity contribution < 1.29 is 0 Å². The molecule has 0 rings (SSSR count). The lowest BCUT2D eigenvalue weighted by atomic mass is 10.2. The Morgan fingerprint density at radius 1 is 1.78 bits per heavy atom. The smallest absolute Gasteiger partial charge is 0.0145 e. The summed E-state index contributed by atoms with van der Waals surface area (Å²) < 4.78 is 0. The van der Waals surface area contributed by atoms with Gasteiger partial charge in [-0.15, -0.1) is 11.8 Å². The highest BCUT2D eigenvalue weighted by molar-refractivity contribution is 8.04. The summed E-state index contributed by atoms with van der Waals surface area (Å²) in [5, 5.41) is 3.85. The van der Waals surface area contributed by atoms with Crippen LogP contribution in [-0.2, 0) is 0 Å². The van der Waals surface area contributed by atoms with Gasteiger partial charge in [0.2, 0.25) is 0 Å². The second-order valence-electron chi connectivity index (χ2n) is 1.64. The van der Waals surface area contributed by atoms with Gasteiger partial charge in [0.15, 0.2) is 0 Å². The molecule has 1 nitrogen and oxygen atoms in total. The topological polar surface area (TPSA) is 26.0 Å². The highest BCUT2D eigenvalue weighted by Gasteiger charge is 1.86. The summed E-state index contributed by atoms with van der Waals surface area (Å²) in [6, 6.07) is 0. The van der Waals surface area contributed by atoms with Crippen molar-refractivity contribution in [3.8, 4) is 0 Å². The second kappa shape index (κ2) is 5.92. The van der Waals surface area contributed by atoms with Gasteiger partial charge >= 0.3 is 0 Å². The van der Waals surface area contributed by atoms with E-state index in [1.54, 1.807) is 17.2 Å². The van der Waals surface area contributed by atoms with Crippen LogP contribution in [0.25, 0.3) is 0 Å². The van der Waals surface area contributed by atoms with Crippen LogP contribution in [-0.4, -0.2) is 6.54 Å². The zero-order chi connectivity index (χ0) is 7.11. The number of hydrogen-bond acceptors (Lipinski definition) is 2. The van der Waals surface area contributed by atoms with Crippen LogP contribution < -0.4 is 5.73 Å². The van der Waals surface area contributed by atoms with E-state index in [1.807, 2.05) is 5.41 Å². The SMILES string of the molecule is C=CSC=C(CC)CN. The van der Waals surface area contributed by atoms with Gasteiger partial charge in [0.05, 0.1) is 0 Å². The quantitative estimate of drug-likeness (QED) is 0.652. The van der Waals surface area contributed by atoms with Crippen LogP contribution in [0.1, 0.15) is 13.3 Å². The summed E-state index contributed by atoms with van der Waals surface area (Å²) in [4.78, 5) is 0. The standard InChI is InChI=1S/C7H13NS/c1-3-7(5-8)6-9-4-2/h4,6H,2-3,5,8H2,1H3. The maximum Gasteiger partial charge on any atom is 0.0145 e. The van der Waals surface area contributed by atoms with Crippen molar-refractivity contribution in [2.45, 2.75) is 13.3 Å². The minimum atomic E-state index is 0.664. The maximum absolute atomic E-state index is 5.41. The number of nitrogens with two attached hydrogens (primary N) is 1. The Morgan fingerprint density at radius 3 is 2.78 bits per heavy atom. The average molecular weight is 143 g/mol. The molecule has 0 saturated carbocycles. The summed E-state index contributed by atoms with van der Waals surface area (Å²) in [7, 11) is 0. The third kappa shape index (κ3) is 4.30. The highest BCUT2D eigenvalue weighted by atomic mass is 32.2. The van der Waals surface area contributed by atoms with E-state index in [-0.39, 0.29) is 0 Å². The molecule has 0 spiro atoms. The second-order valence-corrected chi connectivity index (χ2v) is 2.48. The Hall–Kier alpha value is -0.210. The number of thioether (sulfide) groups is 1. The van der Waals surface area contributed by atoms with Crippen LogP contribution in [0.3, 0.4) is 0 Å². The third-order valence-corrected chi connectivity index (χ3v) is 1.71. The van der Waals surface area contributed by atoms with Crippen LogP contribution in [0.4, 0.5) is 0 Å². The van der Waals surface area contributed by atoms with Crippen LogP contribution in [0.15, 0.2) is 23.0 Å². The minimum absolute atomic E-state index is 0.664. The third-order valence-electron chi connectivity index (χ3n) is 1.05. The van der Waals surface area contributed by atoms with Crippen LogP contribution in [0, 0.1) is 0 Å². The van der Waals surface area contributed by atoms with E-state index < -0.39 is 0 Å². The van der Waals surface area contributed by atoms with Crippen LogP contribution >= 0.6 is 11.8 Å². The lowest BCUT2D eigenvalue weighted by Gasteiger charge is -1.95. The minimum Gasteiger partial charge on any atom is -0.327 e. The molecular weight excluding hydrogens is 130 g/mol. The van der Waals surface area contributed by atoms with Crippen molar-refractivity contribution >= 4 is 11.8 Å². The Bertz CT molecular complexity index is 101. The summed E-state index contributed by atoms with van der Waals surface area (Å²) in [5.41, 5.74) is 6.69. The molecule has 0 aliphatic rings. The van der Waals surface area contributed by atoms with Crippen LogP contribution in [0.2, 0.25) is 0 Å². The fourth-order valence-corrected chi connectivity index (χ4v) is 0.972. The number of hydrogen-bond donors (Lipinski definition) is 1. The van der Waals surface area contributed by atoms with E-state index >= 15 is 0 Å². The molecule has 0 heterocycles. The van der Waals surface area contributed by atoms with Gasteiger partial charge in [0, 0.05) is 6.54 Å². The first-order valence-electron chi connectivity index (χ1n) is 2.99. The van der Waals surface area contributed by atoms with Gasteiger partial charge < -0.3 is 5.73 Å². The van der Waals surface area contributed by atoms with Crippen molar-refractivity contribution in [3.63, 3.8) is 0 Å². The lowest BCUT2D eigenvalue weighted by molar-refractivity contribution is 1.01. The predicted octanol–water partition coefficient (Wildman–Crippen LogP) is 2.12. The molecule has 0 aromatic rings. The van der Waals surface area contributed by atoms with Crippen LogP contribution in [0.5, 0.6) is 0 Å². The Morgan fingerprint density at radius 2 is 2.44 bits per heavy atom. The molecule has 0 aromatic heterocycles. The van der Waals surface area contributed by atoms with E-state index in [0.29, 0.717) is 6.54 Å². The zero-order valence-electron chi connectivity index (χ0n) is 5.76.